The van der Waals surface area contributed by atoms with Gasteiger partial charge in [0.2, 0.25) is 0 Å². The molecule has 0 aromatic heterocycles. The molecule has 0 saturated heterocycles. The van der Waals surface area contributed by atoms with Crippen LogP contribution in [0.5, 0.6) is 0 Å². The van der Waals surface area contributed by atoms with Gasteiger partial charge in [0.1, 0.15) is 5.60 Å². The molecule has 0 spiro atoms. The van der Waals surface area contributed by atoms with Crippen LogP contribution >= 0.6 is 15.9 Å². The fraction of sp³-hybridized carbons (Fsp3) is 0.250. The van der Waals surface area contributed by atoms with Crippen molar-refractivity contribution in [3.05, 3.63) is 64.1 Å². The lowest BCUT2D eigenvalue weighted by atomic mass is 9.99. The predicted octanol–water partition coefficient (Wildman–Crippen LogP) is 4.40. The first-order valence-electron chi connectivity index (χ1n) is 6.49. The van der Waals surface area contributed by atoms with Gasteiger partial charge in [0.05, 0.1) is 4.90 Å². The standard InChI is InChI=1S/C16H17BrO3S/c1-12-4-10-15(11-5-12)21(18,19)20-16(2,3)13-6-8-14(17)9-7-13/h4-11H,1-3H3. The van der Waals surface area contributed by atoms with E-state index in [1.807, 2.05) is 31.2 Å². The van der Waals surface area contributed by atoms with E-state index in [0.29, 0.717) is 0 Å². The van der Waals surface area contributed by atoms with Gasteiger partial charge in [0.25, 0.3) is 10.1 Å². The van der Waals surface area contributed by atoms with Crippen molar-refractivity contribution >= 4 is 26.0 Å². The molecule has 2 rings (SSSR count). The van der Waals surface area contributed by atoms with Crippen LogP contribution in [-0.4, -0.2) is 8.42 Å². The van der Waals surface area contributed by atoms with E-state index < -0.39 is 15.7 Å². The second-order valence-electron chi connectivity index (χ2n) is 5.37. The summed E-state index contributed by atoms with van der Waals surface area (Å²) in [5.41, 5.74) is 0.854. The van der Waals surface area contributed by atoms with E-state index in [-0.39, 0.29) is 4.90 Å². The third kappa shape index (κ3) is 3.93. The molecule has 0 bridgehead atoms. The quantitative estimate of drug-likeness (QED) is 0.751. The topological polar surface area (TPSA) is 43.4 Å². The maximum Gasteiger partial charge on any atom is 0.297 e. The molecule has 0 radical (unpaired) electrons. The van der Waals surface area contributed by atoms with Gasteiger partial charge in [-0.25, -0.2) is 0 Å². The molecule has 112 valence electrons. The van der Waals surface area contributed by atoms with Crippen molar-refractivity contribution in [2.45, 2.75) is 31.3 Å². The van der Waals surface area contributed by atoms with Gasteiger partial charge in [-0.3, -0.25) is 4.18 Å². The summed E-state index contributed by atoms with van der Waals surface area (Å²) in [6.45, 7) is 5.38. The molecule has 21 heavy (non-hydrogen) atoms. The maximum atomic E-state index is 12.4. The predicted molar refractivity (Wildman–Crippen MR) is 86.6 cm³/mol. The lowest BCUT2D eigenvalue weighted by Gasteiger charge is -2.25. The van der Waals surface area contributed by atoms with E-state index in [9.17, 15) is 8.42 Å². The van der Waals surface area contributed by atoms with Gasteiger partial charge < -0.3 is 0 Å². The van der Waals surface area contributed by atoms with Crippen LogP contribution in [0.15, 0.2) is 57.9 Å². The van der Waals surface area contributed by atoms with Crippen LogP contribution in [0.3, 0.4) is 0 Å². The summed E-state index contributed by atoms with van der Waals surface area (Å²) in [6.07, 6.45) is 0. The van der Waals surface area contributed by atoms with Crippen LogP contribution in [0.2, 0.25) is 0 Å². The highest BCUT2D eigenvalue weighted by atomic mass is 79.9. The van der Waals surface area contributed by atoms with E-state index >= 15 is 0 Å². The number of benzene rings is 2. The average Bonchev–Trinajstić information content (AvgIpc) is 2.38. The lowest BCUT2D eigenvalue weighted by Crippen LogP contribution is -2.25. The van der Waals surface area contributed by atoms with Crippen molar-refractivity contribution in [1.29, 1.82) is 0 Å². The first kappa shape index (κ1) is 16.2. The van der Waals surface area contributed by atoms with Gasteiger partial charge in [0.15, 0.2) is 0 Å². The Morgan fingerprint density at radius 3 is 2.00 bits per heavy atom. The Morgan fingerprint density at radius 1 is 0.952 bits per heavy atom. The summed E-state index contributed by atoms with van der Waals surface area (Å²) < 4.78 is 31.1. The Kier molecular flexibility index (Phi) is 4.56. The monoisotopic (exact) mass is 368 g/mol. The molecule has 2 aromatic rings. The molecular formula is C16H17BrO3S. The van der Waals surface area contributed by atoms with Gasteiger partial charge in [-0.15, -0.1) is 0 Å². The maximum absolute atomic E-state index is 12.4. The van der Waals surface area contributed by atoms with Crippen molar-refractivity contribution in [2.24, 2.45) is 0 Å². The molecule has 5 heteroatoms. The van der Waals surface area contributed by atoms with Crippen molar-refractivity contribution in [2.75, 3.05) is 0 Å². The lowest BCUT2D eigenvalue weighted by molar-refractivity contribution is 0.117. The first-order chi connectivity index (χ1) is 9.71. The fourth-order valence-electron chi connectivity index (χ4n) is 1.93. The highest BCUT2D eigenvalue weighted by Gasteiger charge is 2.29. The SMILES string of the molecule is Cc1ccc(S(=O)(=O)OC(C)(C)c2ccc(Br)cc2)cc1. The molecule has 3 nitrogen and oxygen atoms in total. The van der Waals surface area contributed by atoms with Crippen LogP contribution in [0.1, 0.15) is 25.0 Å². The zero-order valence-corrected chi connectivity index (χ0v) is 14.5. The number of hydrogen-bond acceptors (Lipinski definition) is 3. The van der Waals surface area contributed by atoms with Crippen molar-refractivity contribution < 1.29 is 12.6 Å². The third-order valence-corrected chi connectivity index (χ3v) is 5.18. The van der Waals surface area contributed by atoms with Crippen molar-refractivity contribution in [3.63, 3.8) is 0 Å². The normalized spacial score (nSPS) is 12.4. The average molecular weight is 369 g/mol. The molecule has 0 amide bonds. The minimum absolute atomic E-state index is 0.165. The van der Waals surface area contributed by atoms with Crippen LogP contribution in [0.4, 0.5) is 0 Å². The van der Waals surface area contributed by atoms with Gasteiger partial charge in [-0.05, 0) is 50.6 Å². The summed E-state index contributed by atoms with van der Waals surface area (Å²) in [5.74, 6) is 0. The second kappa shape index (κ2) is 5.91. The third-order valence-electron chi connectivity index (χ3n) is 3.17. The van der Waals surface area contributed by atoms with Crippen molar-refractivity contribution in [1.82, 2.24) is 0 Å². The van der Waals surface area contributed by atoms with Crippen molar-refractivity contribution in [3.8, 4) is 0 Å². The van der Waals surface area contributed by atoms with Gasteiger partial charge in [0, 0.05) is 4.47 Å². The second-order valence-corrected chi connectivity index (χ2v) is 7.83. The number of rotatable bonds is 4. The van der Waals surface area contributed by atoms with E-state index in [2.05, 4.69) is 15.9 Å². The molecule has 0 aliphatic carbocycles. The first-order valence-corrected chi connectivity index (χ1v) is 8.69. The number of halogens is 1. The van der Waals surface area contributed by atoms with Gasteiger partial charge in [-0.1, -0.05) is 45.8 Å². The zero-order valence-electron chi connectivity index (χ0n) is 12.1. The van der Waals surface area contributed by atoms with Crippen LogP contribution in [-0.2, 0) is 19.9 Å². The van der Waals surface area contributed by atoms with Crippen LogP contribution in [0, 0.1) is 6.92 Å². The van der Waals surface area contributed by atoms with E-state index in [1.54, 1.807) is 38.1 Å². The number of aryl methyl sites for hydroxylation is 1. The zero-order chi connectivity index (χ0) is 15.7. The highest BCUT2D eigenvalue weighted by molar-refractivity contribution is 9.10. The smallest absolute Gasteiger partial charge is 0.255 e. The summed E-state index contributed by atoms with van der Waals surface area (Å²) >= 11 is 3.36. The minimum Gasteiger partial charge on any atom is -0.255 e. The summed E-state index contributed by atoms with van der Waals surface area (Å²) in [4.78, 5) is 0.165. The van der Waals surface area contributed by atoms with E-state index in [1.165, 1.54) is 0 Å². The summed E-state index contributed by atoms with van der Waals surface area (Å²) in [7, 11) is -3.80. The molecule has 0 atom stereocenters. The molecular weight excluding hydrogens is 352 g/mol. The molecule has 0 N–H and O–H groups in total. The Labute approximate surface area is 134 Å². The largest absolute Gasteiger partial charge is 0.297 e. The van der Waals surface area contributed by atoms with Gasteiger partial charge in [-0.2, -0.15) is 8.42 Å². The minimum atomic E-state index is -3.80. The molecule has 0 aliphatic heterocycles. The fourth-order valence-corrected chi connectivity index (χ4v) is 3.40. The van der Waals surface area contributed by atoms with Crippen LogP contribution < -0.4 is 0 Å². The Morgan fingerprint density at radius 2 is 1.48 bits per heavy atom. The van der Waals surface area contributed by atoms with Gasteiger partial charge >= 0.3 is 0 Å². The highest BCUT2D eigenvalue weighted by Crippen LogP contribution is 2.30. The molecule has 0 fully saturated rings. The molecule has 0 heterocycles. The van der Waals surface area contributed by atoms with E-state index in [0.717, 1.165) is 15.6 Å². The molecule has 0 saturated carbocycles. The van der Waals surface area contributed by atoms with Crippen LogP contribution in [0.25, 0.3) is 0 Å². The Hall–Kier alpha value is -1.17. The molecule has 0 aliphatic rings. The summed E-state index contributed by atoms with van der Waals surface area (Å²) in [5, 5.41) is 0. The summed E-state index contributed by atoms with van der Waals surface area (Å²) in [6, 6.07) is 14.0. The Balaban J connectivity index is 2.30. The molecule has 2 aromatic carbocycles. The molecule has 0 unspecified atom stereocenters. The van der Waals surface area contributed by atoms with E-state index in [4.69, 9.17) is 4.18 Å². The Bertz CT molecular complexity index is 717. The number of hydrogen-bond donors (Lipinski definition) is 0.